The van der Waals surface area contributed by atoms with Crippen LogP contribution >= 0.6 is 0 Å². The summed E-state index contributed by atoms with van der Waals surface area (Å²) in [6.07, 6.45) is 4.38. The van der Waals surface area contributed by atoms with Gasteiger partial charge in [-0.05, 0) is 37.8 Å². The van der Waals surface area contributed by atoms with E-state index in [2.05, 4.69) is 0 Å². The van der Waals surface area contributed by atoms with E-state index in [1.165, 1.54) is 0 Å². The number of hydrogen-bond acceptors (Lipinski definition) is 4. The Balaban J connectivity index is 1.84. The molecule has 1 aliphatic carbocycles. The van der Waals surface area contributed by atoms with Gasteiger partial charge in [-0.1, -0.05) is 0 Å². The van der Waals surface area contributed by atoms with E-state index in [9.17, 15) is 5.11 Å². The molecule has 20 heavy (non-hydrogen) atoms. The molecule has 110 valence electrons. The number of ether oxygens (including phenoxy) is 3. The standard InChI is InChI=1S/C16H22O4/c1-18-11-5-7-16(8-6-11)10-14(17)13-4-3-12(19-2)9-15(13)20-16/h3-4,9,11,14,17H,5-8,10H2,1-2H3. The maximum absolute atomic E-state index is 10.4. The number of hydrogen-bond donors (Lipinski definition) is 1. The summed E-state index contributed by atoms with van der Waals surface area (Å²) in [6.45, 7) is 0. The Labute approximate surface area is 119 Å². The molecule has 3 rings (SSSR count). The first-order chi connectivity index (χ1) is 9.65. The predicted octanol–water partition coefficient (Wildman–Crippen LogP) is 2.84. The van der Waals surface area contributed by atoms with E-state index in [0.29, 0.717) is 12.5 Å². The summed E-state index contributed by atoms with van der Waals surface area (Å²) in [5.41, 5.74) is 0.624. The monoisotopic (exact) mass is 278 g/mol. The lowest BCUT2D eigenvalue weighted by Crippen LogP contribution is -2.45. The summed E-state index contributed by atoms with van der Waals surface area (Å²) in [5, 5.41) is 10.4. The number of fused-ring (bicyclic) bond motifs is 1. The van der Waals surface area contributed by atoms with E-state index in [-0.39, 0.29) is 5.60 Å². The minimum Gasteiger partial charge on any atom is -0.497 e. The van der Waals surface area contributed by atoms with Crippen molar-refractivity contribution in [3.8, 4) is 11.5 Å². The van der Waals surface area contributed by atoms with Crippen LogP contribution in [0.4, 0.5) is 0 Å². The van der Waals surface area contributed by atoms with Gasteiger partial charge in [0.15, 0.2) is 0 Å². The number of benzene rings is 1. The van der Waals surface area contributed by atoms with Gasteiger partial charge in [-0.25, -0.2) is 0 Å². The van der Waals surface area contributed by atoms with E-state index in [4.69, 9.17) is 14.2 Å². The van der Waals surface area contributed by atoms with E-state index in [0.717, 1.165) is 42.7 Å². The van der Waals surface area contributed by atoms with Crippen molar-refractivity contribution in [2.75, 3.05) is 14.2 Å². The Morgan fingerprint density at radius 2 is 2.00 bits per heavy atom. The molecule has 1 N–H and O–H groups in total. The predicted molar refractivity (Wildman–Crippen MR) is 75.2 cm³/mol. The molecule has 1 spiro atoms. The third-order valence-corrected chi connectivity index (χ3v) is 4.65. The minimum absolute atomic E-state index is 0.242. The van der Waals surface area contributed by atoms with Gasteiger partial charge < -0.3 is 19.3 Å². The van der Waals surface area contributed by atoms with Gasteiger partial charge >= 0.3 is 0 Å². The highest BCUT2D eigenvalue weighted by atomic mass is 16.5. The summed E-state index contributed by atoms with van der Waals surface area (Å²) in [4.78, 5) is 0. The average molecular weight is 278 g/mol. The van der Waals surface area contributed by atoms with Gasteiger partial charge in [-0.2, -0.15) is 0 Å². The Morgan fingerprint density at radius 1 is 1.25 bits per heavy atom. The lowest BCUT2D eigenvalue weighted by atomic mass is 9.77. The van der Waals surface area contributed by atoms with Crippen molar-refractivity contribution < 1.29 is 19.3 Å². The zero-order chi connectivity index (χ0) is 14.2. The van der Waals surface area contributed by atoms with Crippen LogP contribution in [0.1, 0.15) is 43.8 Å². The van der Waals surface area contributed by atoms with Crippen LogP contribution in [-0.4, -0.2) is 31.0 Å². The number of aliphatic hydroxyl groups is 1. The van der Waals surface area contributed by atoms with E-state index >= 15 is 0 Å². The molecule has 1 heterocycles. The van der Waals surface area contributed by atoms with Gasteiger partial charge in [0.1, 0.15) is 17.1 Å². The molecular formula is C16H22O4. The quantitative estimate of drug-likeness (QED) is 0.903. The lowest BCUT2D eigenvalue weighted by molar-refractivity contribution is -0.0672. The minimum atomic E-state index is -0.455. The smallest absolute Gasteiger partial charge is 0.129 e. The van der Waals surface area contributed by atoms with Crippen LogP contribution in [0.25, 0.3) is 0 Å². The summed E-state index contributed by atoms with van der Waals surface area (Å²) in [5.74, 6) is 1.53. The highest BCUT2D eigenvalue weighted by molar-refractivity contribution is 5.44. The van der Waals surface area contributed by atoms with Crippen molar-refractivity contribution in [2.45, 2.75) is 49.9 Å². The van der Waals surface area contributed by atoms with Crippen LogP contribution in [0.3, 0.4) is 0 Å². The second-order valence-corrected chi connectivity index (χ2v) is 5.84. The molecule has 1 saturated carbocycles. The number of aliphatic hydroxyl groups excluding tert-OH is 1. The molecule has 4 heteroatoms. The molecule has 1 fully saturated rings. The largest absolute Gasteiger partial charge is 0.497 e. The second kappa shape index (κ2) is 5.26. The normalized spacial score (nSPS) is 32.5. The maximum atomic E-state index is 10.4. The van der Waals surface area contributed by atoms with Crippen LogP contribution in [0.15, 0.2) is 18.2 Å². The fourth-order valence-electron chi connectivity index (χ4n) is 3.40. The van der Waals surface area contributed by atoms with E-state index < -0.39 is 6.10 Å². The molecule has 1 aliphatic heterocycles. The molecule has 1 aromatic carbocycles. The fourth-order valence-corrected chi connectivity index (χ4v) is 3.40. The molecule has 0 amide bonds. The van der Waals surface area contributed by atoms with Gasteiger partial charge in [0, 0.05) is 25.2 Å². The Kier molecular flexibility index (Phi) is 3.61. The number of methoxy groups -OCH3 is 2. The first-order valence-electron chi connectivity index (χ1n) is 7.23. The van der Waals surface area contributed by atoms with Crippen molar-refractivity contribution in [1.29, 1.82) is 0 Å². The summed E-state index contributed by atoms with van der Waals surface area (Å²) < 4.78 is 16.9. The molecule has 0 radical (unpaired) electrons. The molecule has 0 bridgehead atoms. The molecule has 1 aromatic rings. The molecule has 4 nitrogen and oxygen atoms in total. The highest BCUT2D eigenvalue weighted by Crippen LogP contribution is 2.47. The van der Waals surface area contributed by atoms with Crippen LogP contribution in [0.5, 0.6) is 11.5 Å². The van der Waals surface area contributed by atoms with Crippen LogP contribution in [0.2, 0.25) is 0 Å². The summed E-state index contributed by atoms with van der Waals surface area (Å²) in [7, 11) is 3.40. The Morgan fingerprint density at radius 3 is 2.65 bits per heavy atom. The average Bonchev–Trinajstić information content (AvgIpc) is 2.47. The third kappa shape index (κ3) is 2.38. The van der Waals surface area contributed by atoms with E-state index in [1.807, 2.05) is 18.2 Å². The van der Waals surface area contributed by atoms with Gasteiger partial charge in [-0.3, -0.25) is 0 Å². The van der Waals surface area contributed by atoms with Crippen LogP contribution < -0.4 is 9.47 Å². The second-order valence-electron chi connectivity index (χ2n) is 5.84. The SMILES string of the molecule is COc1ccc2c(c1)OC1(CCC(OC)CC1)CC2O. The van der Waals surface area contributed by atoms with Gasteiger partial charge in [0.25, 0.3) is 0 Å². The van der Waals surface area contributed by atoms with Crippen molar-refractivity contribution in [1.82, 2.24) is 0 Å². The number of rotatable bonds is 2. The van der Waals surface area contributed by atoms with Crippen LogP contribution in [-0.2, 0) is 4.74 Å². The molecule has 0 saturated heterocycles. The Hall–Kier alpha value is -1.26. The van der Waals surface area contributed by atoms with Gasteiger partial charge in [0.05, 0.1) is 19.3 Å². The van der Waals surface area contributed by atoms with Crippen molar-refractivity contribution in [3.63, 3.8) is 0 Å². The molecule has 1 atom stereocenters. The molecule has 2 aliphatic rings. The van der Waals surface area contributed by atoms with Gasteiger partial charge in [-0.15, -0.1) is 0 Å². The van der Waals surface area contributed by atoms with Gasteiger partial charge in [0.2, 0.25) is 0 Å². The third-order valence-electron chi connectivity index (χ3n) is 4.65. The molecule has 0 aromatic heterocycles. The topological polar surface area (TPSA) is 47.9 Å². The highest BCUT2D eigenvalue weighted by Gasteiger charge is 2.43. The summed E-state index contributed by atoms with van der Waals surface area (Å²) in [6, 6.07) is 5.64. The zero-order valence-corrected chi connectivity index (χ0v) is 12.1. The zero-order valence-electron chi connectivity index (χ0n) is 12.1. The maximum Gasteiger partial charge on any atom is 0.129 e. The molecule has 1 unspecified atom stereocenters. The molecular weight excluding hydrogens is 256 g/mol. The summed E-state index contributed by atoms with van der Waals surface area (Å²) >= 11 is 0. The first-order valence-corrected chi connectivity index (χ1v) is 7.23. The van der Waals surface area contributed by atoms with E-state index in [1.54, 1.807) is 14.2 Å². The van der Waals surface area contributed by atoms with Crippen LogP contribution in [0, 0.1) is 0 Å². The lowest BCUT2D eigenvalue weighted by Gasteiger charge is -2.44. The fraction of sp³-hybridized carbons (Fsp3) is 0.625. The Bertz CT molecular complexity index is 477. The van der Waals surface area contributed by atoms with Crippen molar-refractivity contribution in [3.05, 3.63) is 23.8 Å². The first kappa shape index (κ1) is 13.7. The van der Waals surface area contributed by atoms with Crippen molar-refractivity contribution >= 4 is 0 Å². The van der Waals surface area contributed by atoms with Crippen molar-refractivity contribution in [2.24, 2.45) is 0 Å².